The Labute approximate surface area is 187 Å². The van der Waals surface area contributed by atoms with Crippen molar-refractivity contribution in [1.82, 2.24) is 15.0 Å². The topological polar surface area (TPSA) is 82.9 Å². The lowest BCUT2D eigenvalue weighted by atomic mass is 9.85. The number of aromatic amines is 3. The van der Waals surface area contributed by atoms with E-state index in [1.165, 1.54) is 0 Å². The molecule has 6 aromatic rings. The minimum absolute atomic E-state index is 0.123. The Bertz CT molecular complexity index is 1670. The number of fused-ring (bicyclic) bond motifs is 4. The number of nitrogens with one attached hydrogen (secondary N) is 3. The van der Waals surface area contributed by atoms with Gasteiger partial charge in [-0.3, -0.25) is 4.79 Å². The summed E-state index contributed by atoms with van der Waals surface area (Å²) in [5, 5.41) is 3.09. The second kappa shape index (κ2) is 6.77. The monoisotopic (exact) mass is 433 g/mol. The van der Waals surface area contributed by atoms with Crippen LogP contribution in [0.15, 0.2) is 83.9 Å². The second-order valence-corrected chi connectivity index (χ2v) is 8.36. The van der Waals surface area contributed by atoms with Gasteiger partial charge in [-0.15, -0.1) is 0 Å². The van der Waals surface area contributed by atoms with Crippen molar-refractivity contribution < 1.29 is 9.47 Å². The number of para-hydroxylation sites is 2. The molecule has 7 rings (SSSR count). The third-order valence-electron chi connectivity index (χ3n) is 6.54. The van der Waals surface area contributed by atoms with E-state index in [-0.39, 0.29) is 18.3 Å². The van der Waals surface area contributed by atoms with Gasteiger partial charge < -0.3 is 24.4 Å². The molecule has 6 nitrogen and oxygen atoms in total. The van der Waals surface area contributed by atoms with E-state index >= 15 is 0 Å². The van der Waals surface area contributed by atoms with Crippen molar-refractivity contribution in [3.8, 4) is 11.5 Å². The molecule has 0 aliphatic carbocycles. The maximum atomic E-state index is 13.5. The van der Waals surface area contributed by atoms with Crippen LogP contribution in [0.2, 0.25) is 0 Å². The summed E-state index contributed by atoms with van der Waals surface area (Å²) in [6, 6.07) is 22.1. The lowest BCUT2D eigenvalue weighted by Crippen LogP contribution is -2.18. The molecule has 33 heavy (non-hydrogen) atoms. The molecule has 0 saturated carbocycles. The molecule has 0 saturated heterocycles. The average Bonchev–Trinajstić information content (AvgIpc) is 3.57. The molecule has 3 N–H and O–H groups in total. The van der Waals surface area contributed by atoms with Crippen molar-refractivity contribution in [2.24, 2.45) is 0 Å². The number of benzene rings is 3. The lowest BCUT2D eigenvalue weighted by molar-refractivity contribution is 0.174. The second-order valence-electron chi connectivity index (χ2n) is 8.36. The molecule has 6 heteroatoms. The van der Waals surface area contributed by atoms with Crippen molar-refractivity contribution in [1.29, 1.82) is 0 Å². The van der Waals surface area contributed by atoms with Gasteiger partial charge in [0.25, 0.3) is 5.56 Å². The van der Waals surface area contributed by atoms with E-state index in [1.54, 1.807) is 0 Å². The Hall–Kier alpha value is -4.45. The quantitative estimate of drug-likeness (QED) is 0.349. The van der Waals surface area contributed by atoms with Crippen molar-refractivity contribution >= 4 is 32.7 Å². The highest BCUT2D eigenvalue weighted by atomic mass is 16.7. The molecule has 0 spiro atoms. The Morgan fingerprint density at radius 2 is 1.30 bits per heavy atom. The number of aromatic nitrogens is 3. The van der Waals surface area contributed by atoms with E-state index in [0.717, 1.165) is 43.8 Å². The van der Waals surface area contributed by atoms with Crippen LogP contribution in [-0.2, 0) is 0 Å². The molecule has 3 aromatic heterocycles. The summed E-state index contributed by atoms with van der Waals surface area (Å²) in [5.41, 5.74) is 5.47. The van der Waals surface area contributed by atoms with E-state index in [2.05, 4.69) is 39.2 Å². The van der Waals surface area contributed by atoms with Crippen molar-refractivity contribution in [3.05, 3.63) is 106 Å². The molecule has 0 fully saturated rings. The van der Waals surface area contributed by atoms with Gasteiger partial charge in [-0.2, -0.15) is 0 Å². The molecule has 1 aliphatic heterocycles. The van der Waals surface area contributed by atoms with Gasteiger partial charge in [-0.1, -0.05) is 36.4 Å². The zero-order chi connectivity index (χ0) is 21.9. The molecule has 0 unspecified atom stereocenters. The van der Waals surface area contributed by atoms with Crippen LogP contribution in [0.4, 0.5) is 0 Å². The van der Waals surface area contributed by atoms with Crippen LogP contribution < -0.4 is 15.0 Å². The van der Waals surface area contributed by atoms with Crippen LogP contribution in [0.5, 0.6) is 11.5 Å². The van der Waals surface area contributed by atoms with Gasteiger partial charge in [0.15, 0.2) is 11.5 Å². The molecule has 1 aliphatic rings. The van der Waals surface area contributed by atoms with E-state index in [1.807, 2.05) is 54.9 Å². The van der Waals surface area contributed by atoms with E-state index < -0.39 is 0 Å². The van der Waals surface area contributed by atoms with Gasteiger partial charge >= 0.3 is 0 Å². The minimum Gasteiger partial charge on any atom is -0.454 e. The predicted molar refractivity (Wildman–Crippen MR) is 128 cm³/mol. The molecule has 0 amide bonds. The minimum atomic E-state index is -0.268. The molecule has 0 atom stereocenters. The van der Waals surface area contributed by atoms with Crippen LogP contribution >= 0.6 is 0 Å². The smallest absolute Gasteiger partial charge is 0.252 e. The van der Waals surface area contributed by atoms with Gasteiger partial charge in [0.05, 0.1) is 5.52 Å². The maximum absolute atomic E-state index is 13.5. The first-order chi connectivity index (χ1) is 16.3. The summed E-state index contributed by atoms with van der Waals surface area (Å²) >= 11 is 0. The summed E-state index contributed by atoms with van der Waals surface area (Å²) in [4.78, 5) is 23.3. The highest BCUT2D eigenvalue weighted by Gasteiger charge is 2.26. The number of hydrogen-bond acceptors (Lipinski definition) is 3. The first-order valence-corrected chi connectivity index (χ1v) is 10.8. The highest BCUT2D eigenvalue weighted by Crippen LogP contribution is 2.40. The molecule has 0 bridgehead atoms. The molecule has 3 aromatic carbocycles. The standard InChI is InChI=1S/C27H19N3O3/c31-27-18(9-15-10-24-25(33-14-32-24)11-23(15)30-27)26(19-12-28-21-7-3-1-5-16(19)21)20-13-29-22-8-4-2-6-17(20)22/h1-13,26,28-29H,14H2,(H,30,31). The maximum Gasteiger partial charge on any atom is 0.252 e. The number of hydrogen-bond donors (Lipinski definition) is 3. The number of ether oxygens (including phenoxy) is 2. The summed E-state index contributed by atoms with van der Waals surface area (Å²) in [5.74, 6) is 1.07. The third-order valence-corrected chi connectivity index (χ3v) is 6.54. The van der Waals surface area contributed by atoms with Crippen LogP contribution in [0.1, 0.15) is 22.6 Å². The summed E-state index contributed by atoms with van der Waals surface area (Å²) in [6.45, 7) is 0.191. The zero-order valence-corrected chi connectivity index (χ0v) is 17.5. The molecule has 4 heterocycles. The number of rotatable bonds is 3. The van der Waals surface area contributed by atoms with Crippen LogP contribution in [0.25, 0.3) is 32.7 Å². The summed E-state index contributed by atoms with van der Waals surface area (Å²) in [7, 11) is 0. The largest absolute Gasteiger partial charge is 0.454 e. The normalized spacial score (nSPS) is 13.0. The van der Waals surface area contributed by atoms with Crippen LogP contribution in [0, 0.1) is 0 Å². The zero-order valence-electron chi connectivity index (χ0n) is 17.5. The van der Waals surface area contributed by atoms with Gasteiger partial charge in [0.1, 0.15) is 0 Å². The van der Waals surface area contributed by atoms with E-state index in [0.29, 0.717) is 17.1 Å². The molecular formula is C27H19N3O3. The third kappa shape index (κ3) is 2.70. The predicted octanol–water partition coefficient (Wildman–Crippen LogP) is 5.40. The van der Waals surface area contributed by atoms with Crippen LogP contribution in [-0.4, -0.2) is 21.7 Å². The first kappa shape index (κ1) is 18.2. The number of pyridine rings is 1. The number of H-pyrrole nitrogens is 3. The fourth-order valence-corrected chi connectivity index (χ4v) is 5.00. The first-order valence-electron chi connectivity index (χ1n) is 10.8. The van der Waals surface area contributed by atoms with E-state index in [9.17, 15) is 4.79 Å². The lowest BCUT2D eigenvalue weighted by Gasteiger charge is -2.17. The SMILES string of the molecule is O=c1[nH]c2cc3c(cc2cc1C(c1c[nH]c2ccccc12)c1c[nH]c2ccccc12)OCO3. The summed E-state index contributed by atoms with van der Waals surface area (Å²) in [6.07, 6.45) is 4.03. The van der Waals surface area contributed by atoms with Gasteiger partial charge in [-0.25, -0.2) is 0 Å². The highest BCUT2D eigenvalue weighted by molar-refractivity contribution is 5.90. The van der Waals surface area contributed by atoms with Gasteiger partial charge in [0.2, 0.25) is 6.79 Å². The van der Waals surface area contributed by atoms with E-state index in [4.69, 9.17) is 9.47 Å². The molecule has 160 valence electrons. The Kier molecular flexibility index (Phi) is 3.73. The molecule has 0 radical (unpaired) electrons. The van der Waals surface area contributed by atoms with Crippen molar-refractivity contribution in [2.75, 3.05) is 6.79 Å². The Morgan fingerprint density at radius 1 is 0.697 bits per heavy atom. The molecular weight excluding hydrogens is 414 g/mol. The average molecular weight is 433 g/mol. The fraction of sp³-hybridized carbons (Fsp3) is 0.0741. The van der Waals surface area contributed by atoms with Crippen LogP contribution in [0.3, 0.4) is 0 Å². The van der Waals surface area contributed by atoms with Gasteiger partial charge in [-0.05, 0) is 35.4 Å². The summed E-state index contributed by atoms with van der Waals surface area (Å²) < 4.78 is 11.1. The Morgan fingerprint density at radius 3 is 1.97 bits per heavy atom. The van der Waals surface area contributed by atoms with Crippen molar-refractivity contribution in [3.63, 3.8) is 0 Å². The Balaban J connectivity index is 1.53. The fourth-order valence-electron chi connectivity index (χ4n) is 5.00. The van der Waals surface area contributed by atoms with Crippen molar-refractivity contribution in [2.45, 2.75) is 5.92 Å². The van der Waals surface area contributed by atoms with Gasteiger partial charge in [0, 0.05) is 57.1 Å².